The Morgan fingerprint density at radius 2 is 2.15 bits per heavy atom. The van der Waals surface area contributed by atoms with Gasteiger partial charge in [-0.05, 0) is 16.9 Å². The molecule has 104 valence electrons. The normalized spacial score (nSPS) is 10.2. The molecule has 2 heterocycles. The summed E-state index contributed by atoms with van der Waals surface area (Å²) < 4.78 is 0. The van der Waals surface area contributed by atoms with Gasteiger partial charge in [0.15, 0.2) is 11.4 Å². The second kappa shape index (κ2) is 7.55. The van der Waals surface area contributed by atoms with Crippen molar-refractivity contribution in [3.05, 3.63) is 34.8 Å². The van der Waals surface area contributed by atoms with E-state index in [1.165, 1.54) is 40.2 Å². The third-order valence-corrected chi connectivity index (χ3v) is 4.25. The van der Waals surface area contributed by atoms with E-state index in [2.05, 4.69) is 30.7 Å². The average molecular weight is 311 g/mol. The summed E-state index contributed by atoms with van der Waals surface area (Å²) in [5.74, 6) is 1.04. The number of nitrogens with one attached hydrogen (secondary N) is 1. The van der Waals surface area contributed by atoms with Crippen LogP contribution in [-0.2, 0) is 0 Å². The summed E-state index contributed by atoms with van der Waals surface area (Å²) in [5.41, 5.74) is 0.0118. The van der Waals surface area contributed by atoms with Gasteiger partial charge in [0.2, 0.25) is 0 Å². The van der Waals surface area contributed by atoms with E-state index >= 15 is 0 Å². The molecule has 11 heteroatoms. The number of pyridine rings is 1. The summed E-state index contributed by atoms with van der Waals surface area (Å²) in [6, 6.07) is 2.98. The molecule has 0 aliphatic heterocycles. The number of nitro groups is 1. The largest absolute Gasteiger partial charge is 0.351 e. The van der Waals surface area contributed by atoms with Crippen molar-refractivity contribution in [1.29, 1.82) is 0 Å². The summed E-state index contributed by atoms with van der Waals surface area (Å²) in [6.07, 6.45) is 2.78. The standard InChI is InChI=1S/C9H9N7O2S2/c17-16(18)7-2-1-3-10-8(7)20-19-5-4-11-9-14-12-6-13-15-9/h1-3,6H,4-5H2,(H,11,14,15). The SMILES string of the molecule is O=[N+]([O-])c1cccnc1SSCCNc1nncnn1. The fraction of sp³-hybridized carbons (Fsp3) is 0.222. The van der Waals surface area contributed by atoms with Crippen LogP contribution in [0.1, 0.15) is 0 Å². The summed E-state index contributed by atoms with van der Waals surface area (Å²) in [4.78, 5) is 14.3. The van der Waals surface area contributed by atoms with Crippen LogP contribution >= 0.6 is 21.6 Å². The van der Waals surface area contributed by atoms with Gasteiger partial charge >= 0.3 is 5.69 Å². The minimum absolute atomic E-state index is 0.0118. The Kier molecular flexibility index (Phi) is 5.43. The molecule has 2 aromatic rings. The maximum absolute atomic E-state index is 10.8. The third-order valence-electron chi connectivity index (χ3n) is 1.96. The van der Waals surface area contributed by atoms with Crippen LogP contribution < -0.4 is 5.32 Å². The van der Waals surface area contributed by atoms with Crippen LogP contribution in [0, 0.1) is 10.1 Å². The van der Waals surface area contributed by atoms with E-state index in [4.69, 9.17) is 0 Å². The first kappa shape index (κ1) is 14.4. The maximum atomic E-state index is 10.8. The highest BCUT2D eigenvalue weighted by Crippen LogP contribution is 2.34. The van der Waals surface area contributed by atoms with Crippen molar-refractivity contribution in [3.8, 4) is 0 Å². The third kappa shape index (κ3) is 4.28. The predicted molar refractivity (Wildman–Crippen MR) is 75.3 cm³/mol. The quantitative estimate of drug-likeness (QED) is 0.348. The number of hydrogen-bond acceptors (Lipinski definition) is 10. The lowest BCUT2D eigenvalue weighted by Gasteiger charge is -2.02. The van der Waals surface area contributed by atoms with Crippen LogP contribution in [0.2, 0.25) is 0 Å². The van der Waals surface area contributed by atoms with Crippen molar-refractivity contribution in [2.24, 2.45) is 0 Å². The monoisotopic (exact) mass is 311 g/mol. The minimum atomic E-state index is -0.441. The smallest absolute Gasteiger partial charge is 0.302 e. The van der Waals surface area contributed by atoms with Crippen molar-refractivity contribution < 1.29 is 4.92 Å². The van der Waals surface area contributed by atoms with Gasteiger partial charge in [0, 0.05) is 24.6 Å². The van der Waals surface area contributed by atoms with Gasteiger partial charge < -0.3 is 5.32 Å². The molecule has 2 rings (SSSR count). The lowest BCUT2D eigenvalue weighted by molar-refractivity contribution is -0.388. The highest BCUT2D eigenvalue weighted by molar-refractivity contribution is 8.76. The second-order valence-electron chi connectivity index (χ2n) is 3.29. The summed E-state index contributed by atoms with van der Waals surface area (Å²) >= 11 is 0. The van der Waals surface area contributed by atoms with Crippen LogP contribution in [0.4, 0.5) is 11.6 Å². The van der Waals surface area contributed by atoms with Gasteiger partial charge in [-0.3, -0.25) is 10.1 Å². The Bertz CT molecular complexity index is 571. The zero-order valence-corrected chi connectivity index (χ0v) is 11.7. The topological polar surface area (TPSA) is 120 Å². The zero-order valence-electron chi connectivity index (χ0n) is 10.0. The maximum Gasteiger partial charge on any atom is 0.302 e. The van der Waals surface area contributed by atoms with Gasteiger partial charge in [-0.15, -0.1) is 20.4 Å². The second-order valence-corrected chi connectivity index (χ2v) is 5.69. The van der Waals surface area contributed by atoms with E-state index in [1.54, 1.807) is 6.07 Å². The van der Waals surface area contributed by atoms with Gasteiger partial charge in [-0.2, -0.15) is 0 Å². The molecule has 9 nitrogen and oxygen atoms in total. The lowest BCUT2D eigenvalue weighted by atomic mass is 10.4. The van der Waals surface area contributed by atoms with Gasteiger partial charge in [-0.25, -0.2) is 4.98 Å². The molecule has 0 saturated heterocycles. The van der Waals surface area contributed by atoms with Crippen molar-refractivity contribution in [3.63, 3.8) is 0 Å². The molecular formula is C9H9N7O2S2. The molecule has 0 aliphatic carbocycles. The van der Waals surface area contributed by atoms with Crippen LogP contribution in [0.15, 0.2) is 29.7 Å². The molecule has 0 aromatic carbocycles. The minimum Gasteiger partial charge on any atom is -0.351 e. The first-order chi connectivity index (χ1) is 9.77. The molecular weight excluding hydrogens is 302 g/mol. The van der Waals surface area contributed by atoms with E-state index in [0.29, 0.717) is 23.3 Å². The van der Waals surface area contributed by atoms with E-state index in [0.717, 1.165) is 0 Å². The summed E-state index contributed by atoms with van der Waals surface area (Å²) in [6.45, 7) is 0.589. The molecule has 0 amide bonds. The van der Waals surface area contributed by atoms with Crippen molar-refractivity contribution in [2.75, 3.05) is 17.6 Å². The Morgan fingerprint density at radius 1 is 1.35 bits per heavy atom. The Hall–Kier alpha value is -2.01. The van der Waals surface area contributed by atoms with Gasteiger partial charge in [-0.1, -0.05) is 10.8 Å². The van der Waals surface area contributed by atoms with E-state index in [1.807, 2.05) is 0 Å². The molecule has 0 spiro atoms. The van der Waals surface area contributed by atoms with Crippen molar-refractivity contribution in [2.45, 2.75) is 5.03 Å². The van der Waals surface area contributed by atoms with Gasteiger partial charge in [0.1, 0.15) is 0 Å². The van der Waals surface area contributed by atoms with Crippen LogP contribution in [0.25, 0.3) is 0 Å². The van der Waals surface area contributed by atoms with Crippen molar-refractivity contribution >= 4 is 33.2 Å². The molecule has 0 unspecified atom stereocenters. The highest BCUT2D eigenvalue weighted by Gasteiger charge is 2.14. The molecule has 1 N–H and O–H groups in total. The zero-order chi connectivity index (χ0) is 14.2. The lowest BCUT2D eigenvalue weighted by Crippen LogP contribution is -2.08. The first-order valence-corrected chi connectivity index (χ1v) is 7.72. The number of hydrogen-bond donors (Lipinski definition) is 1. The summed E-state index contributed by atoms with van der Waals surface area (Å²) in [7, 11) is 2.71. The van der Waals surface area contributed by atoms with E-state index < -0.39 is 4.92 Å². The molecule has 0 radical (unpaired) electrons. The van der Waals surface area contributed by atoms with Crippen LogP contribution in [-0.4, -0.2) is 42.6 Å². The fourth-order valence-corrected chi connectivity index (χ4v) is 3.09. The predicted octanol–water partition coefficient (Wildman–Crippen LogP) is 1.42. The fourth-order valence-electron chi connectivity index (χ4n) is 1.16. The average Bonchev–Trinajstić information content (AvgIpc) is 2.48. The van der Waals surface area contributed by atoms with Crippen LogP contribution in [0.3, 0.4) is 0 Å². The molecule has 0 aliphatic rings. The van der Waals surface area contributed by atoms with Crippen LogP contribution in [0.5, 0.6) is 0 Å². The molecule has 0 bridgehead atoms. The Balaban J connectivity index is 1.75. The first-order valence-electron chi connectivity index (χ1n) is 5.40. The Morgan fingerprint density at radius 3 is 2.90 bits per heavy atom. The highest BCUT2D eigenvalue weighted by atomic mass is 33.1. The molecule has 20 heavy (non-hydrogen) atoms. The van der Waals surface area contributed by atoms with E-state index in [9.17, 15) is 10.1 Å². The van der Waals surface area contributed by atoms with E-state index in [-0.39, 0.29) is 5.69 Å². The van der Waals surface area contributed by atoms with Gasteiger partial charge in [0.25, 0.3) is 5.95 Å². The number of anilines is 1. The molecule has 0 fully saturated rings. The molecule has 0 saturated carbocycles. The number of nitrogens with zero attached hydrogens (tertiary/aromatic N) is 6. The number of aromatic nitrogens is 5. The summed E-state index contributed by atoms with van der Waals surface area (Å²) in [5, 5.41) is 28.7. The molecule has 0 atom stereocenters. The Labute approximate surface area is 121 Å². The van der Waals surface area contributed by atoms with Gasteiger partial charge in [0.05, 0.1) is 4.92 Å². The number of rotatable bonds is 7. The molecule has 2 aromatic heterocycles. The van der Waals surface area contributed by atoms with Crippen molar-refractivity contribution in [1.82, 2.24) is 25.4 Å².